The Bertz CT molecular complexity index is 464. The van der Waals surface area contributed by atoms with E-state index >= 15 is 0 Å². The summed E-state index contributed by atoms with van der Waals surface area (Å²) in [5.41, 5.74) is 6.89. The number of rotatable bonds is 6. The van der Waals surface area contributed by atoms with Gasteiger partial charge in [-0.15, -0.1) is 12.4 Å². The maximum Gasteiger partial charge on any atom is 0.223 e. The molecule has 1 fully saturated rings. The van der Waals surface area contributed by atoms with Crippen molar-refractivity contribution < 1.29 is 9.53 Å². The minimum atomic E-state index is 0. The number of nitrogens with one attached hydrogen (secondary N) is 1. The van der Waals surface area contributed by atoms with Gasteiger partial charge < -0.3 is 15.8 Å². The predicted octanol–water partition coefficient (Wildman–Crippen LogP) is 3.06. The van der Waals surface area contributed by atoms with E-state index in [2.05, 4.69) is 12.2 Å². The van der Waals surface area contributed by atoms with Crippen molar-refractivity contribution in [2.24, 2.45) is 17.6 Å². The molecule has 5 heteroatoms. The molecule has 0 radical (unpaired) electrons. The van der Waals surface area contributed by atoms with Gasteiger partial charge in [0, 0.05) is 5.92 Å². The molecule has 0 aliphatic heterocycles. The van der Waals surface area contributed by atoms with E-state index in [9.17, 15) is 4.79 Å². The zero-order valence-electron chi connectivity index (χ0n) is 13.4. The summed E-state index contributed by atoms with van der Waals surface area (Å²) in [6, 6.07) is 7.96. The summed E-state index contributed by atoms with van der Waals surface area (Å²) in [6.07, 6.45) is 4.03. The van der Waals surface area contributed by atoms with Crippen molar-refractivity contribution in [3.63, 3.8) is 0 Å². The molecule has 0 saturated heterocycles. The van der Waals surface area contributed by atoms with Gasteiger partial charge in [-0.3, -0.25) is 4.79 Å². The molecule has 3 N–H and O–H groups in total. The van der Waals surface area contributed by atoms with Crippen LogP contribution < -0.4 is 15.8 Å². The Balaban J connectivity index is 0.00000242. The topological polar surface area (TPSA) is 64.4 Å². The number of ether oxygens (including phenoxy) is 1. The lowest BCUT2D eigenvalue weighted by Gasteiger charge is -2.23. The molecule has 1 saturated carbocycles. The molecule has 1 aromatic carbocycles. The highest BCUT2D eigenvalue weighted by molar-refractivity contribution is 5.85. The van der Waals surface area contributed by atoms with Crippen molar-refractivity contribution >= 4 is 18.3 Å². The first-order valence-corrected chi connectivity index (χ1v) is 7.84. The van der Waals surface area contributed by atoms with Crippen LogP contribution in [0.3, 0.4) is 0 Å². The fraction of sp³-hybridized carbons (Fsp3) is 0.588. The highest BCUT2D eigenvalue weighted by Crippen LogP contribution is 2.32. The second-order valence-electron chi connectivity index (χ2n) is 5.78. The first kappa shape index (κ1) is 18.8. The van der Waals surface area contributed by atoms with Gasteiger partial charge in [0.2, 0.25) is 5.91 Å². The van der Waals surface area contributed by atoms with Crippen LogP contribution in [0.15, 0.2) is 24.3 Å². The molecule has 0 aromatic heterocycles. The lowest BCUT2D eigenvalue weighted by molar-refractivity contribution is -0.126. The Hall–Kier alpha value is -1.26. The minimum absolute atomic E-state index is 0. The third-order valence-corrected chi connectivity index (χ3v) is 4.54. The number of carbonyl (C=O) groups excluding carboxylic acids is 1. The van der Waals surface area contributed by atoms with Gasteiger partial charge in [-0.25, -0.2) is 0 Å². The van der Waals surface area contributed by atoms with E-state index in [1.54, 1.807) is 7.11 Å². The first-order chi connectivity index (χ1) is 10.2. The summed E-state index contributed by atoms with van der Waals surface area (Å²) in [7, 11) is 1.65. The monoisotopic (exact) mass is 326 g/mol. The van der Waals surface area contributed by atoms with Crippen LogP contribution in [-0.4, -0.2) is 19.6 Å². The van der Waals surface area contributed by atoms with Crippen LogP contribution in [-0.2, 0) is 4.79 Å². The molecular weight excluding hydrogens is 300 g/mol. The second kappa shape index (κ2) is 9.01. The standard InChI is InChI=1S/C17H26N2O2.ClH/c1-3-16(12-7-9-14(21-2)10-8-12)19-17(20)15-6-4-5-13(15)11-18;/h7-10,13,15-16H,3-6,11,18H2,1-2H3,(H,19,20);1H/t13-,15-,16?;/m1./s1. The number of amides is 1. The quantitative estimate of drug-likeness (QED) is 0.844. The van der Waals surface area contributed by atoms with Crippen molar-refractivity contribution in [3.8, 4) is 5.75 Å². The van der Waals surface area contributed by atoms with Gasteiger partial charge in [0.1, 0.15) is 5.75 Å². The molecule has 2 rings (SSSR count). The summed E-state index contributed by atoms with van der Waals surface area (Å²) in [4.78, 5) is 12.5. The normalized spacial score (nSPS) is 21.8. The Morgan fingerprint density at radius 2 is 2.05 bits per heavy atom. The molecule has 22 heavy (non-hydrogen) atoms. The largest absolute Gasteiger partial charge is 0.497 e. The number of hydrogen-bond donors (Lipinski definition) is 2. The lowest BCUT2D eigenvalue weighted by Crippen LogP contribution is -2.37. The zero-order chi connectivity index (χ0) is 15.2. The van der Waals surface area contributed by atoms with E-state index < -0.39 is 0 Å². The third-order valence-electron chi connectivity index (χ3n) is 4.54. The van der Waals surface area contributed by atoms with Gasteiger partial charge in [-0.2, -0.15) is 0 Å². The Kier molecular flexibility index (Phi) is 7.69. The van der Waals surface area contributed by atoms with Crippen LogP contribution in [0.1, 0.15) is 44.2 Å². The molecule has 124 valence electrons. The van der Waals surface area contributed by atoms with Crippen LogP contribution >= 0.6 is 12.4 Å². The van der Waals surface area contributed by atoms with Crippen LogP contribution in [0.25, 0.3) is 0 Å². The number of hydrogen-bond acceptors (Lipinski definition) is 3. The molecule has 1 aromatic rings. The first-order valence-electron chi connectivity index (χ1n) is 7.84. The summed E-state index contributed by atoms with van der Waals surface area (Å²) in [5.74, 6) is 1.42. The fourth-order valence-electron chi connectivity index (χ4n) is 3.20. The van der Waals surface area contributed by atoms with E-state index in [0.717, 1.165) is 37.0 Å². The number of benzene rings is 1. The van der Waals surface area contributed by atoms with Gasteiger partial charge in [-0.05, 0) is 49.4 Å². The molecule has 0 bridgehead atoms. The van der Waals surface area contributed by atoms with Gasteiger partial charge in [0.05, 0.1) is 13.2 Å². The average molecular weight is 327 g/mol. The Labute approximate surface area is 139 Å². The van der Waals surface area contributed by atoms with Crippen molar-refractivity contribution in [1.82, 2.24) is 5.32 Å². The molecule has 0 heterocycles. The second-order valence-corrected chi connectivity index (χ2v) is 5.78. The smallest absolute Gasteiger partial charge is 0.223 e. The molecule has 1 aliphatic rings. The number of nitrogens with two attached hydrogens (primary N) is 1. The lowest BCUT2D eigenvalue weighted by atomic mass is 9.94. The molecular formula is C17H27ClN2O2. The maximum atomic E-state index is 12.5. The minimum Gasteiger partial charge on any atom is -0.497 e. The predicted molar refractivity (Wildman–Crippen MR) is 91.3 cm³/mol. The summed E-state index contributed by atoms with van der Waals surface area (Å²) < 4.78 is 5.17. The van der Waals surface area contributed by atoms with Gasteiger partial charge in [-0.1, -0.05) is 25.5 Å². The molecule has 4 nitrogen and oxygen atoms in total. The van der Waals surface area contributed by atoms with Crippen molar-refractivity contribution in [1.29, 1.82) is 0 Å². The fourth-order valence-corrected chi connectivity index (χ4v) is 3.20. The van der Waals surface area contributed by atoms with Crippen molar-refractivity contribution in [2.45, 2.75) is 38.6 Å². The zero-order valence-corrected chi connectivity index (χ0v) is 14.2. The van der Waals surface area contributed by atoms with Gasteiger partial charge in [0.25, 0.3) is 0 Å². The average Bonchev–Trinajstić information content (AvgIpc) is 3.01. The number of carbonyl (C=O) groups is 1. The van der Waals surface area contributed by atoms with Crippen LogP contribution in [0.5, 0.6) is 5.75 Å². The van der Waals surface area contributed by atoms with Gasteiger partial charge in [0.15, 0.2) is 0 Å². The SMILES string of the molecule is CCC(NC(=O)[C@@H]1CCC[C@@H]1CN)c1ccc(OC)cc1.Cl. The highest BCUT2D eigenvalue weighted by Gasteiger charge is 2.32. The van der Waals surface area contributed by atoms with Crippen LogP contribution in [0, 0.1) is 11.8 Å². The van der Waals surface area contributed by atoms with Gasteiger partial charge >= 0.3 is 0 Å². The van der Waals surface area contributed by atoms with Crippen LogP contribution in [0.4, 0.5) is 0 Å². The number of halogens is 1. The van der Waals surface area contributed by atoms with E-state index in [1.165, 1.54) is 0 Å². The summed E-state index contributed by atoms with van der Waals surface area (Å²) >= 11 is 0. The third kappa shape index (κ3) is 4.37. The molecule has 1 aliphatic carbocycles. The molecule has 1 amide bonds. The van der Waals surface area contributed by atoms with E-state index in [1.807, 2.05) is 24.3 Å². The van der Waals surface area contributed by atoms with E-state index in [0.29, 0.717) is 12.5 Å². The number of methoxy groups -OCH3 is 1. The molecule has 3 atom stereocenters. The Morgan fingerprint density at radius 3 is 2.59 bits per heavy atom. The summed E-state index contributed by atoms with van der Waals surface area (Å²) in [6.45, 7) is 2.70. The van der Waals surface area contributed by atoms with E-state index in [4.69, 9.17) is 10.5 Å². The van der Waals surface area contributed by atoms with Crippen molar-refractivity contribution in [3.05, 3.63) is 29.8 Å². The maximum absolute atomic E-state index is 12.5. The van der Waals surface area contributed by atoms with Crippen molar-refractivity contribution in [2.75, 3.05) is 13.7 Å². The highest BCUT2D eigenvalue weighted by atomic mass is 35.5. The van der Waals surface area contributed by atoms with Crippen LogP contribution in [0.2, 0.25) is 0 Å². The molecule has 0 spiro atoms. The van der Waals surface area contributed by atoms with E-state index in [-0.39, 0.29) is 30.3 Å². The summed E-state index contributed by atoms with van der Waals surface area (Å²) in [5, 5.41) is 3.19. The molecule has 1 unspecified atom stereocenters. The Morgan fingerprint density at radius 1 is 1.36 bits per heavy atom.